The van der Waals surface area contributed by atoms with Crippen LogP contribution in [0.5, 0.6) is 0 Å². The third kappa shape index (κ3) is 3.90. The van der Waals surface area contributed by atoms with E-state index < -0.39 is 34.8 Å². The van der Waals surface area contributed by atoms with Crippen molar-refractivity contribution in [2.45, 2.75) is 37.2 Å². The number of hydrogen-bond acceptors (Lipinski definition) is 7. The highest BCUT2D eigenvalue weighted by molar-refractivity contribution is 7.86. The first-order chi connectivity index (χ1) is 11.1. The summed E-state index contributed by atoms with van der Waals surface area (Å²) in [6.07, 6.45) is 1.29. The van der Waals surface area contributed by atoms with E-state index in [1.165, 1.54) is 4.31 Å². The molecule has 3 atom stereocenters. The largest absolute Gasteiger partial charge is 0.480 e. The molecule has 2 aliphatic heterocycles. The summed E-state index contributed by atoms with van der Waals surface area (Å²) in [5.74, 6) is -1.85. The van der Waals surface area contributed by atoms with Crippen molar-refractivity contribution < 1.29 is 28.4 Å². The molecule has 12 heteroatoms. The topological polar surface area (TPSA) is 170 Å². The van der Waals surface area contributed by atoms with Crippen LogP contribution in [0, 0.1) is 5.92 Å². The second-order valence-corrected chi connectivity index (χ2v) is 8.59. The van der Waals surface area contributed by atoms with Gasteiger partial charge in [0.25, 0.3) is 10.2 Å². The summed E-state index contributed by atoms with van der Waals surface area (Å²) in [5, 5.41) is 27.3. The van der Waals surface area contributed by atoms with Crippen LogP contribution in [0.3, 0.4) is 0 Å². The van der Waals surface area contributed by atoms with Crippen molar-refractivity contribution in [1.82, 2.24) is 8.61 Å². The van der Waals surface area contributed by atoms with Gasteiger partial charge < -0.3 is 26.6 Å². The fourth-order valence-corrected chi connectivity index (χ4v) is 5.12. The molecule has 24 heavy (non-hydrogen) atoms. The molecule has 0 aliphatic carbocycles. The van der Waals surface area contributed by atoms with Crippen LogP contribution in [0.25, 0.3) is 0 Å². The molecular formula is C12H25BN4O6S. The van der Waals surface area contributed by atoms with E-state index in [1.807, 2.05) is 0 Å². The molecule has 10 nitrogen and oxygen atoms in total. The van der Waals surface area contributed by atoms with Crippen LogP contribution < -0.4 is 11.5 Å². The lowest BCUT2D eigenvalue weighted by atomic mass is 9.78. The minimum Gasteiger partial charge on any atom is -0.480 e. The summed E-state index contributed by atoms with van der Waals surface area (Å²) in [6, 6.07) is -0.216. The summed E-state index contributed by atoms with van der Waals surface area (Å²) in [6.45, 7) is 0.220. The summed E-state index contributed by atoms with van der Waals surface area (Å²) in [4.78, 5) is 11.6. The zero-order valence-corrected chi connectivity index (χ0v) is 14.2. The molecule has 0 radical (unpaired) electrons. The molecule has 0 aromatic carbocycles. The van der Waals surface area contributed by atoms with Crippen molar-refractivity contribution in [1.29, 1.82) is 0 Å². The molecule has 2 heterocycles. The van der Waals surface area contributed by atoms with Crippen molar-refractivity contribution in [3.05, 3.63) is 0 Å². The van der Waals surface area contributed by atoms with Crippen LogP contribution in [0.4, 0.5) is 0 Å². The molecule has 0 aromatic rings. The van der Waals surface area contributed by atoms with Gasteiger partial charge in [-0.3, -0.25) is 4.79 Å². The lowest BCUT2D eigenvalue weighted by Crippen LogP contribution is -2.55. The van der Waals surface area contributed by atoms with Crippen molar-refractivity contribution in [3.8, 4) is 0 Å². The minimum atomic E-state index is -3.81. The zero-order chi connectivity index (χ0) is 18.1. The number of nitrogens with zero attached hydrogens (tertiary/aromatic N) is 2. The molecule has 138 valence electrons. The average molecular weight is 364 g/mol. The summed E-state index contributed by atoms with van der Waals surface area (Å²) >= 11 is 0. The molecule has 0 bridgehead atoms. The van der Waals surface area contributed by atoms with Crippen LogP contribution in [0.15, 0.2) is 0 Å². The minimum absolute atomic E-state index is 0.00159. The van der Waals surface area contributed by atoms with Gasteiger partial charge in [-0.05, 0) is 19.2 Å². The van der Waals surface area contributed by atoms with Crippen molar-refractivity contribution in [2.75, 3.05) is 26.2 Å². The predicted octanol–water partition coefficient (Wildman–Crippen LogP) is -2.77. The summed E-state index contributed by atoms with van der Waals surface area (Å²) < 4.78 is 27.7. The van der Waals surface area contributed by atoms with Crippen molar-refractivity contribution in [3.63, 3.8) is 0 Å². The van der Waals surface area contributed by atoms with E-state index in [1.54, 1.807) is 0 Å². The molecule has 2 aliphatic rings. The fraction of sp³-hybridized carbons (Fsp3) is 0.917. The van der Waals surface area contributed by atoms with Gasteiger partial charge in [0, 0.05) is 38.1 Å². The fourth-order valence-electron chi connectivity index (χ4n) is 3.33. The van der Waals surface area contributed by atoms with Gasteiger partial charge in [0.2, 0.25) is 0 Å². The lowest BCUT2D eigenvalue weighted by Gasteiger charge is -2.26. The van der Waals surface area contributed by atoms with Gasteiger partial charge in [0.15, 0.2) is 0 Å². The Balaban J connectivity index is 2.12. The quantitative estimate of drug-likeness (QED) is 0.302. The Bertz CT molecular complexity index is 576. The van der Waals surface area contributed by atoms with E-state index in [0.29, 0.717) is 25.8 Å². The Morgan fingerprint density at radius 3 is 2.46 bits per heavy atom. The van der Waals surface area contributed by atoms with Crippen LogP contribution in [-0.2, 0) is 15.0 Å². The van der Waals surface area contributed by atoms with Gasteiger partial charge in [0.05, 0.1) is 0 Å². The highest BCUT2D eigenvalue weighted by Crippen LogP contribution is 2.33. The van der Waals surface area contributed by atoms with E-state index in [2.05, 4.69) is 0 Å². The molecule has 0 saturated carbocycles. The van der Waals surface area contributed by atoms with Crippen molar-refractivity contribution >= 4 is 23.3 Å². The molecule has 7 N–H and O–H groups in total. The Hall–Kier alpha value is -0.755. The Morgan fingerprint density at radius 2 is 1.96 bits per heavy atom. The van der Waals surface area contributed by atoms with Crippen molar-refractivity contribution in [2.24, 2.45) is 17.4 Å². The maximum Gasteiger partial charge on any atom is 0.451 e. The third-order valence-corrected chi connectivity index (χ3v) is 6.76. The number of carbonyl (C=O) groups is 1. The maximum atomic E-state index is 12.7. The predicted molar refractivity (Wildman–Crippen MR) is 86.9 cm³/mol. The molecule has 0 aromatic heterocycles. The first kappa shape index (κ1) is 19.6. The van der Waals surface area contributed by atoms with E-state index in [0.717, 1.165) is 4.31 Å². The number of nitrogens with two attached hydrogens (primary N) is 2. The normalized spacial score (nSPS) is 32.3. The smallest absolute Gasteiger partial charge is 0.451 e. The highest BCUT2D eigenvalue weighted by Gasteiger charge is 2.53. The van der Waals surface area contributed by atoms with Gasteiger partial charge in [-0.1, -0.05) is 6.42 Å². The third-order valence-electron chi connectivity index (χ3n) is 4.84. The van der Waals surface area contributed by atoms with E-state index in [4.69, 9.17) is 21.5 Å². The van der Waals surface area contributed by atoms with Crippen LogP contribution in [0.2, 0.25) is 6.32 Å². The van der Waals surface area contributed by atoms with Crippen LogP contribution in [-0.4, -0.2) is 83.0 Å². The Labute approximate surface area is 141 Å². The van der Waals surface area contributed by atoms with Gasteiger partial charge in [-0.25, -0.2) is 0 Å². The first-order valence-corrected chi connectivity index (χ1v) is 9.36. The van der Waals surface area contributed by atoms with Crippen LogP contribution >= 0.6 is 0 Å². The molecular weight excluding hydrogens is 339 g/mol. The summed E-state index contributed by atoms with van der Waals surface area (Å²) in [7, 11) is -5.28. The number of hydrogen-bond donors (Lipinski definition) is 5. The van der Waals surface area contributed by atoms with E-state index >= 15 is 0 Å². The lowest BCUT2D eigenvalue weighted by molar-refractivity contribution is -0.144. The monoisotopic (exact) mass is 364 g/mol. The standard InChI is InChI=1S/C12H25BN4O6S/c14-10-3-5-16(7-10)24(22,23)17-6-9(2-1-4-13(20)21)12(15,8-17)11(18)19/h9-10,20-21H,1-8,14-15H2,(H,18,19)/t9-,10?,12-/m0/s1. The van der Waals surface area contributed by atoms with E-state index in [-0.39, 0.29) is 32.0 Å². The zero-order valence-electron chi connectivity index (χ0n) is 13.4. The molecule has 2 fully saturated rings. The number of carboxylic acids is 1. The molecule has 0 spiro atoms. The SMILES string of the molecule is NC1CCN(S(=O)(=O)N2C[C@H](CCCB(O)O)[C@](N)(C(=O)O)C2)C1. The van der Waals surface area contributed by atoms with Crippen LogP contribution in [0.1, 0.15) is 19.3 Å². The van der Waals surface area contributed by atoms with Gasteiger partial charge >= 0.3 is 13.1 Å². The molecule has 2 saturated heterocycles. The molecule has 0 amide bonds. The van der Waals surface area contributed by atoms with E-state index in [9.17, 15) is 18.3 Å². The number of carboxylic acid groups (broad SMARTS) is 1. The maximum absolute atomic E-state index is 12.7. The second-order valence-electron chi connectivity index (χ2n) is 6.66. The molecule has 1 unspecified atom stereocenters. The highest BCUT2D eigenvalue weighted by atomic mass is 32.2. The Kier molecular flexibility index (Phi) is 5.90. The Morgan fingerprint density at radius 1 is 1.29 bits per heavy atom. The van der Waals surface area contributed by atoms with Gasteiger partial charge in [0.1, 0.15) is 5.54 Å². The molecule has 2 rings (SSSR count). The summed E-state index contributed by atoms with van der Waals surface area (Å²) in [5.41, 5.74) is 10.1. The first-order valence-electron chi connectivity index (χ1n) is 7.96. The van der Waals surface area contributed by atoms with Gasteiger partial charge in [-0.2, -0.15) is 17.0 Å². The number of aliphatic carboxylic acids is 1. The average Bonchev–Trinajstić information content (AvgIpc) is 3.05. The van der Waals surface area contributed by atoms with Gasteiger partial charge in [-0.15, -0.1) is 0 Å². The number of rotatable bonds is 7. The second kappa shape index (κ2) is 7.24.